The molecule has 35 heavy (non-hydrogen) atoms. The lowest BCUT2D eigenvalue weighted by atomic mass is 10.0. The van der Waals surface area contributed by atoms with Crippen LogP contribution < -0.4 is 16.0 Å². The van der Waals surface area contributed by atoms with Crippen molar-refractivity contribution >= 4 is 34.6 Å². The molecule has 0 bridgehead atoms. The summed E-state index contributed by atoms with van der Waals surface area (Å²) in [7, 11) is 0. The molecule has 4 nitrogen and oxygen atoms in total. The molecule has 0 spiro atoms. The molecule has 0 saturated heterocycles. The van der Waals surface area contributed by atoms with Gasteiger partial charge in [0.1, 0.15) is 11.6 Å². The highest BCUT2D eigenvalue weighted by Gasteiger charge is 2.15. The number of thiocarbonyl (C=S) groups is 1. The molecule has 0 heterocycles. The topological polar surface area (TPSA) is 53.2 Å². The van der Waals surface area contributed by atoms with Crippen molar-refractivity contribution in [3.63, 3.8) is 0 Å². The van der Waals surface area contributed by atoms with Crippen LogP contribution in [0, 0.1) is 11.6 Å². The fourth-order valence-corrected chi connectivity index (χ4v) is 3.92. The number of hydrogen-bond donors (Lipinski definition) is 3. The van der Waals surface area contributed by atoms with Crippen LogP contribution >= 0.6 is 12.2 Å². The summed E-state index contributed by atoms with van der Waals surface area (Å²) < 4.78 is 27.3. The van der Waals surface area contributed by atoms with Crippen molar-refractivity contribution in [2.75, 3.05) is 10.6 Å². The van der Waals surface area contributed by atoms with Crippen LogP contribution in [0.2, 0.25) is 0 Å². The van der Waals surface area contributed by atoms with Crippen LogP contribution in [-0.4, -0.2) is 11.0 Å². The first kappa shape index (κ1) is 24.0. The number of halogens is 2. The largest absolute Gasteiger partial charge is 0.356 e. The second-order valence-corrected chi connectivity index (χ2v) is 8.34. The minimum Gasteiger partial charge on any atom is -0.356 e. The average Bonchev–Trinajstić information content (AvgIpc) is 2.86. The third-order valence-electron chi connectivity index (χ3n) is 5.45. The maximum atomic E-state index is 14.1. The lowest BCUT2D eigenvalue weighted by Gasteiger charge is -2.19. The average molecular weight is 488 g/mol. The highest BCUT2D eigenvalue weighted by Crippen LogP contribution is 2.31. The maximum Gasteiger partial charge on any atom is 0.258 e. The standard InChI is InChI=1S/C28H23F2N3OS/c1-18(19-11-13-21(29)14-12-19)31-28(35)32-22-15-16-26(24(17-22)20-7-3-2-4-8-20)33-27(34)23-9-5-6-10-25(23)30/h2-18H,1H3,(H,33,34)(H2,31,32,35). The van der Waals surface area contributed by atoms with Gasteiger partial charge in [-0.05, 0) is 72.7 Å². The van der Waals surface area contributed by atoms with Crippen molar-refractivity contribution in [2.24, 2.45) is 0 Å². The number of rotatable bonds is 6. The van der Waals surface area contributed by atoms with Gasteiger partial charge in [0.25, 0.3) is 5.91 Å². The Bertz CT molecular complexity index is 1340. The molecule has 0 aliphatic heterocycles. The van der Waals surface area contributed by atoms with Gasteiger partial charge < -0.3 is 16.0 Å². The molecule has 4 rings (SSSR count). The van der Waals surface area contributed by atoms with E-state index >= 15 is 0 Å². The summed E-state index contributed by atoms with van der Waals surface area (Å²) in [5.74, 6) is -1.42. The summed E-state index contributed by atoms with van der Waals surface area (Å²) in [4.78, 5) is 12.7. The molecular weight excluding hydrogens is 464 g/mol. The molecule has 1 amide bonds. The summed E-state index contributed by atoms with van der Waals surface area (Å²) in [5.41, 5.74) is 3.72. The van der Waals surface area contributed by atoms with E-state index < -0.39 is 11.7 Å². The van der Waals surface area contributed by atoms with Crippen LogP contribution in [0.1, 0.15) is 28.9 Å². The SMILES string of the molecule is CC(NC(=S)Nc1ccc(NC(=O)c2ccccc2F)c(-c2ccccc2)c1)c1ccc(F)cc1. The zero-order valence-electron chi connectivity index (χ0n) is 18.9. The Morgan fingerprint density at radius 1 is 0.829 bits per heavy atom. The van der Waals surface area contributed by atoms with Crippen molar-refractivity contribution in [3.8, 4) is 11.1 Å². The fourth-order valence-electron chi connectivity index (χ4n) is 3.62. The zero-order chi connectivity index (χ0) is 24.8. The molecule has 0 radical (unpaired) electrons. The monoisotopic (exact) mass is 487 g/mol. The fraction of sp³-hybridized carbons (Fsp3) is 0.0714. The van der Waals surface area contributed by atoms with Gasteiger partial charge >= 0.3 is 0 Å². The maximum absolute atomic E-state index is 14.1. The van der Waals surface area contributed by atoms with Crippen LogP contribution in [0.15, 0.2) is 97.1 Å². The summed E-state index contributed by atoms with van der Waals surface area (Å²) in [6.07, 6.45) is 0. The van der Waals surface area contributed by atoms with Gasteiger partial charge in [-0.1, -0.05) is 54.6 Å². The Kier molecular flexibility index (Phi) is 7.48. The number of carbonyl (C=O) groups excluding carboxylic acids is 1. The Labute approximate surface area is 208 Å². The van der Waals surface area contributed by atoms with Gasteiger partial charge in [0.2, 0.25) is 0 Å². The zero-order valence-corrected chi connectivity index (χ0v) is 19.7. The van der Waals surface area contributed by atoms with Crippen LogP contribution in [0.4, 0.5) is 20.2 Å². The van der Waals surface area contributed by atoms with Gasteiger partial charge in [-0.15, -0.1) is 0 Å². The Morgan fingerprint density at radius 3 is 2.23 bits per heavy atom. The van der Waals surface area contributed by atoms with Crippen molar-refractivity contribution < 1.29 is 13.6 Å². The van der Waals surface area contributed by atoms with E-state index in [0.717, 1.165) is 16.7 Å². The number of amides is 1. The molecule has 4 aromatic carbocycles. The molecule has 1 unspecified atom stereocenters. The molecule has 7 heteroatoms. The van der Waals surface area contributed by atoms with Crippen LogP contribution in [0.3, 0.4) is 0 Å². The molecule has 0 fully saturated rings. The van der Waals surface area contributed by atoms with E-state index in [1.54, 1.807) is 30.3 Å². The molecule has 176 valence electrons. The minimum absolute atomic E-state index is 0.0335. The van der Waals surface area contributed by atoms with E-state index in [-0.39, 0.29) is 17.4 Å². The Hall–Kier alpha value is -4.10. The minimum atomic E-state index is -0.587. The summed E-state index contributed by atoms with van der Waals surface area (Å²) in [5, 5.41) is 9.56. The van der Waals surface area contributed by atoms with Crippen LogP contribution in [-0.2, 0) is 0 Å². The normalized spacial score (nSPS) is 11.4. The first-order valence-electron chi connectivity index (χ1n) is 11.0. The van der Waals surface area contributed by atoms with Crippen LogP contribution in [0.25, 0.3) is 11.1 Å². The van der Waals surface area contributed by atoms with Crippen LogP contribution in [0.5, 0.6) is 0 Å². The number of benzene rings is 4. The highest BCUT2D eigenvalue weighted by molar-refractivity contribution is 7.80. The third-order valence-corrected chi connectivity index (χ3v) is 5.67. The second-order valence-electron chi connectivity index (χ2n) is 7.93. The van der Waals surface area contributed by atoms with E-state index in [0.29, 0.717) is 16.5 Å². The number of hydrogen-bond acceptors (Lipinski definition) is 2. The molecule has 1 atom stereocenters. The van der Waals surface area contributed by atoms with E-state index in [4.69, 9.17) is 12.2 Å². The number of anilines is 2. The van der Waals surface area contributed by atoms with E-state index in [1.807, 2.05) is 43.3 Å². The second kappa shape index (κ2) is 10.9. The molecule has 0 saturated carbocycles. The molecule has 4 aromatic rings. The summed E-state index contributed by atoms with van der Waals surface area (Å²) in [6, 6.07) is 26.9. The van der Waals surface area contributed by atoms with Gasteiger partial charge in [-0.2, -0.15) is 0 Å². The van der Waals surface area contributed by atoms with Crippen molar-refractivity contribution in [1.82, 2.24) is 5.32 Å². The lowest BCUT2D eigenvalue weighted by Crippen LogP contribution is -2.30. The van der Waals surface area contributed by atoms with Gasteiger partial charge in [-0.25, -0.2) is 8.78 Å². The van der Waals surface area contributed by atoms with E-state index in [2.05, 4.69) is 16.0 Å². The number of nitrogens with one attached hydrogen (secondary N) is 3. The Morgan fingerprint density at radius 2 is 1.51 bits per heavy atom. The van der Waals surface area contributed by atoms with E-state index in [9.17, 15) is 13.6 Å². The third kappa shape index (κ3) is 6.07. The lowest BCUT2D eigenvalue weighted by molar-refractivity contribution is 0.102. The first-order chi connectivity index (χ1) is 16.9. The Balaban J connectivity index is 1.55. The van der Waals surface area contributed by atoms with E-state index in [1.165, 1.54) is 30.3 Å². The molecule has 0 aromatic heterocycles. The quantitative estimate of drug-likeness (QED) is 0.258. The smallest absolute Gasteiger partial charge is 0.258 e. The first-order valence-corrected chi connectivity index (χ1v) is 11.4. The van der Waals surface area contributed by atoms with Crippen molar-refractivity contribution in [3.05, 3.63) is 120 Å². The molecular formula is C28H23F2N3OS. The van der Waals surface area contributed by atoms with Gasteiger partial charge in [-0.3, -0.25) is 4.79 Å². The van der Waals surface area contributed by atoms with Gasteiger partial charge in [0.05, 0.1) is 11.6 Å². The molecule has 3 N–H and O–H groups in total. The van der Waals surface area contributed by atoms with Crippen molar-refractivity contribution in [2.45, 2.75) is 13.0 Å². The molecule has 0 aliphatic rings. The predicted octanol–water partition coefficient (Wildman–Crippen LogP) is 6.93. The predicted molar refractivity (Wildman–Crippen MR) is 140 cm³/mol. The molecule has 0 aliphatic carbocycles. The highest BCUT2D eigenvalue weighted by atomic mass is 32.1. The number of carbonyl (C=O) groups is 1. The summed E-state index contributed by atoms with van der Waals surface area (Å²) >= 11 is 5.47. The summed E-state index contributed by atoms with van der Waals surface area (Å²) in [6.45, 7) is 1.93. The van der Waals surface area contributed by atoms with Gasteiger partial charge in [0, 0.05) is 16.9 Å². The van der Waals surface area contributed by atoms with Gasteiger partial charge in [0.15, 0.2) is 5.11 Å². The van der Waals surface area contributed by atoms with Crippen molar-refractivity contribution in [1.29, 1.82) is 0 Å².